The summed E-state index contributed by atoms with van der Waals surface area (Å²) in [5, 5.41) is 10.9. The van der Waals surface area contributed by atoms with Crippen molar-refractivity contribution in [2.45, 2.75) is 32.2 Å². The number of nitrogens with zero attached hydrogens (tertiary/aromatic N) is 3. The Labute approximate surface area is 179 Å². The minimum atomic E-state index is -0.695. The van der Waals surface area contributed by atoms with Gasteiger partial charge >= 0.3 is 0 Å². The maximum atomic E-state index is 14.0. The number of amides is 1. The van der Waals surface area contributed by atoms with Crippen LogP contribution in [0.25, 0.3) is 10.6 Å². The molecule has 7 nitrogen and oxygen atoms in total. The molecule has 2 atom stereocenters. The largest absolute Gasteiger partial charge is 0.503 e. The Morgan fingerprint density at radius 1 is 1.32 bits per heavy atom. The van der Waals surface area contributed by atoms with E-state index >= 15 is 0 Å². The van der Waals surface area contributed by atoms with Crippen molar-refractivity contribution in [1.29, 1.82) is 0 Å². The molecule has 5 rings (SSSR count). The maximum absolute atomic E-state index is 14.0. The normalized spacial score (nSPS) is 20.1. The molecule has 3 aromatic rings. The number of aromatic hydroxyl groups is 1. The van der Waals surface area contributed by atoms with Crippen LogP contribution in [0.15, 0.2) is 35.4 Å². The summed E-state index contributed by atoms with van der Waals surface area (Å²) in [6, 6.07) is 3.22. The first kappa shape index (κ1) is 19.8. The molecule has 1 saturated heterocycles. The Hall–Kier alpha value is -3.11. The van der Waals surface area contributed by atoms with E-state index in [1.54, 1.807) is 0 Å². The molecule has 2 aliphatic heterocycles. The van der Waals surface area contributed by atoms with Crippen LogP contribution in [0.1, 0.15) is 27.9 Å². The van der Waals surface area contributed by atoms with Crippen LogP contribution < -0.4 is 5.43 Å². The van der Waals surface area contributed by atoms with Crippen LogP contribution in [0.3, 0.4) is 0 Å². The van der Waals surface area contributed by atoms with E-state index in [9.17, 15) is 23.5 Å². The van der Waals surface area contributed by atoms with Crippen molar-refractivity contribution in [2.24, 2.45) is 0 Å². The van der Waals surface area contributed by atoms with E-state index in [2.05, 4.69) is 4.98 Å². The van der Waals surface area contributed by atoms with E-state index < -0.39 is 34.9 Å². The van der Waals surface area contributed by atoms with Gasteiger partial charge in [0, 0.05) is 29.8 Å². The van der Waals surface area contributed by atoms with Gasteiger partial charge in [-0.15, -0.1) is 11.3 Å². The molecule has 31 heavy (non-hydrogen) atoms. The molecule has 0 radical (unpaired) electrons. The first-order valence-electron chi connectivity index (χ1n) is 9.63. The number of carbonyl (C=O) groups is 1. The van der Waals surface area contributed by atoms with Gasteiger partial charge < -0.3 is 19.3 Å². The Balaban J connectivity index is 1.51. The zero-order valence-corrected chi connectivity index (χ0v) is 17.2. The quantitative estimate of drug-likeness (QED) is 0.670. The van der Waals surface area contributed by atoms with Gasteiger partial charge in [0.15, 0.2) is 17.7 Å². The highest BCUT2D eigenvalue weighted by Crippen LogP contribution is 2.32. The van der Waals surface area contributed by atoms with E-state index in [0.29, 0.717) is 22.1 Å². The minimum Gasteiger partial charge on any atom is -0.503 e. The highest BCUT2D eigenvalue weighted by atomic mass is 32.1. The lowest BCUT2D eigenvalue weighted by Crippen LogP contribution is -2.48. The second-order valence-electron chi connectivity index (χ2n) is 7.62. The lowest BCUT2D eigenvalue weighted by molar-refractivity contribution is 0.00638. The van der Waals surface area contributed by atoms with Crippen LogP contribution in [0, 0.1) is 11.6 Å². The second kappa shape index (κ2) is 7.24. The Kier molecular flexibility index (Phi) is 4.63. The first-order chi connectivity index (χ1) is 14.8. The summed E-state index contributed by atoms with van der Waals surface area (Å²) in [6.07, 6.45) is 2.74. The molecule has 4 heterocycles. The molecule has 0 saturated carbocycles. The summed E-state index contributed by atoms with van der Waals surface area (Å²) in [5.41, 5.74) is -0.309. The fraction of sp³-hybridized carbons (Fsp3) is 0.286. The molecule has 1 amide bonds. The van der Waals surface area contributed by atoms with Crippen molar-refractivity contribution in [3.63, 3.8) is 0 Å². The number of hydrogen-bond donors (Lipinski definition) is 1. The molecule has 1 N–H and O–H groups in total. The zero-order valence-electron chi connectivity index (χ0n) is 16.3. The number of ether oxygens (including phenoxy) is 1. The van der Waals surface area contributed by atoms with Gasteiger partial charge in [0.25, 0.3) is 5.91 Å². The average Bonchev–Trinajstić information content (AvgIpc) is 3.33. The SMILES string of the molecule is C[C@H]1CO[C@@H]2Cn3cc(-c4ncc(Cc5ccc(F)cc5F)s4)c(=O)c(O)c3C(=O)N12. The summed E-state index contributed by atoms with van der Waals surface area (Å²) < 4.78 is 34.2. The van der Waals surface area contributed by atoms with Gasteiger partial charge in [-0.1, -0.05) is 6.07 Å². The summed E-state index contributed by atoms with van der Waals surface area (Å²) in [4.78, 5) is 32.1. The lowest BCUT2D eigenvalue weighted by atomic mass is 10.1. The molecular formula is C21H17F2N3O4S. The van der Waals surface area contributed by atoms with Gasteiger partial charge in [0.1, 0.15) is 16.6 Å². The summed E-state index contributed by atoms with van der Waals surface area (Å²) in [7, 11) is 0. The number of aromatic nitrogens is 2. The number of hydrogen-bond acceptors (Lipinski definition) is 6. The van der Waals surface area contributed by atoms with Gasteiger partial charge in [-0.3, -0.25) is 9.59 Å². The topological polar surface area (TPSA) is 84.7 Å². The number of halogens is 2. The molecule has 1 fully saturated rings. The van der Waals surface area contributed by atoms with Crippen LogP contribution in [0.2, 0.25) is 0 Å². The summed E-state index contributed by atoms with van der Waals surface area (Å²) >= 11 is 1.17. The van der Waals surface area contributed by atoms with Gasteiger partial charge in [0.05, 0.1) is 24.8 Å². The number of rotatable bonds is 3. The van der Waals surface area contributed by atoms with Crippen molar-refractivity contribution in [3.8, 4) is 16.3 Å². The summed E-state index contributed by atoms with van der Waals surface area (Å²) in [6.45, 7) is 2.52. The fourth-order valence-electron chi connectivity index (χ4n) is 3.99. The van der Waals surface area contributed by atoms with Crippen molar-refractivity contribution < 1.29 is 23.4 Å². The monoisotopic (exact) mass is 445 g/mol. The van der Waals surface area contributed by atoms with Crippen molar-refractivity contribution >= 4 is 17.2 Å². The molecule has 160 valence electrons. The Morgan fingerprint density at radius 3 is 2.90 bits per heavy atom. The zero-order chi connectivity index (χ0) is 21.9. The summed E-state index contributed by atoms with van der Waals surface area (Å²) in [5.74, 6) is -2.39. The molecule has 0 bridgehead atoms. The third-order valence-electron chi connectivity index (χ3n) is 5.52. The number of carbonyl (C=O) groups excluding carboxylic acids is 1. The van der Waals surface area contributed by atoms with Crippen molar-refractivity contribution in [2.75, 3.05) is 6.61 Å². The predicted molar refractivity (Wildman–Crippen MR) is 108 cm³/mol. The molecule has 1 aromatic carbocycles. The van der Waals surface area contributed by atoms with Gasteiger partial charge in [-0.05, 0) is 18.6 Å². The van der Waals surface area contributed by atoms with E-state index in [4.69, 9.17) is 4.74 Å². The van der Waals surface area contributed by atoms with Crippen molar-refractivity contribution in [1.82, 2.24) is 14.5 Å². The van der Waals surface area contributed by atoms with Crippen LogP contribution >= 0.6 is 11.3 Å². The third kappa shape index (κ3) is 3.22. The molecule has 2 aromatic heterocycles. The minimum absolute atomic E-state index is 0.0625. The van der Waals surface area contributed by atoms with Gasteiger partial charge in [0.2, 0.25) is 5.43 Å². The number of thiazole rings is 1. The third-order valence-corrected chi connectivity index (χ3v) is 6.56. The Bertz CT molecular complexity index is 1270. The standard InChI is InChI=1S/C21H17F2N3O4S/c1-10-9-30-16-8-25-7-14(18(27)19(28)17(25)21(29)26(10)16)20-24-6-13(31-20)4-11-2-3-12(22)5-15(11)23/h2-3,5-7,10,16,28H,4,8-9H2,1H3/t10-,16+/m0/s1. The van der Waals surface area contributed by atoms with E-state index in [-0.39, 0.29) is 30.3 Å². The van der Waals surface area contributed by atoms with E-state index in [1.165, 1.54) is 45.3 Å². The maximum Gasteiger partial charge on any atom is 0.276 e. The first-order valence-corrected chi connectivity index (χ1v) is 10.4. The lowest BCUT2D eigenvalue weighted by Gasteiger charge is -2.33. The highest BCUT2D eigenvalue weighted by Gasteiger charge is 2.42. The van der Waals surface area contributed by atoms with Crippen LogP contribution in [-0.4, -0.2) is 44.3 Å². The number of pyridine rings is 1. The Morgan fingerprint density at radius 2 is 2.13 bits per heavy atom. The van der Waals surface area contributed by atoms with Gasteiger partial charge in [-0.2, -0.15) is 0 Å². The van der Waals surface area contributed by atoms with Crippen molar-refractivity contribution in [3.05, 3.63) is 68.6 Å². The molecule has 0 aliphatic carbocycles. The molecule has 0 unspecified atom stereocenters. The predicted octanol–water partition coefficient (Wildman–Crippen LogP) is 2.75. The molecule has 2 aliphatic rings. The number of benzene rings is 1. The van der Waals surface area contributed by atoms with E-state index in [1.807, 2.05) is 6.92 Å². The molecule has 0 spiro atoms. The van der Waals surface area contributed by atoms with Crippen LogP contribution in [0.4, 0.5) is 8.78 Å². The molecule has 10 heteroatoms. The highest BCUT2D eigenvalue weighted by molar-refractivity contribution is 7.15. The fourth-order valence-corrected chi connectivity index (χ4v) is 4.94. The molecular weight excluding hydrogens is 428 g/mol. The average molecular weight is 445 g/mol. The smallest absolute Gasteiger partial charge is 0.276 e. The van der Waals surface area contributed by atoms with Gasteiger partial charge in [-0.25, -0.2) is 13.8 Å². The van der Waals surface area contributed by atoms with Crippen LogP contribution in [-0.2, 0) is 17.7 Å². The van der Waals surface area contributed by atoms with Crippen LogP contribution in [0.5, 0.6) is 5.75 Å². The van der Waals surface area contributed by atoms with E-state index in [0.717, 1.165) is 6.07 Å². The number of fused-ring (bicyclic) bond motifs is 2. The second-order valence-corrected chi connectivity index (χ2v) is 8.73.